The van der Waals surface area contributed by atoms with Gasteiger partial charge in [0.2, 0.25) is 5.91 Å². The maximum Gasteiger partial charge on any atom is 0.273 e. The standard InChI is InChI=1S/C30H40N6O3S2/c1-19(2)12-21(4)31-16-25-6-7-26(33-25)28(38)34-30-32-17-27(41-30)40-18-23-13-20(3)14-24(15-23)29(39)36-10-8-35(9-11-36)22(5)37/h6-7,13-15,17,19,21,31,33H,8-12,16,18H2,1-5H3,(H,32,34,38). The first-order chi connectivity index (χ1) is 19.6. The Kier molecular flexibility index (Phi) is 10.6. The van der Waals surface area contributed by atoms with Crippen molar-refractivity contribution >= 4 is 46.0 Å². The number of hydrogen-bond donors (Lipinski definition) is 3. The molecular weight excluding hydrogens is 557 g/mol. The van der Waals surface area contributed by atoms with Gasteiger partial charge < -0.3 is 20.1 Å². The number of thioether (sulfide) groups is 1. The van der Waals surface area contributed by atoms with Crippen molar-refractivity contribution in [1.82, 2.24) is 25.1 Å². The SMILES string of the molecule is CC(=O)N1CCN(C(=O)c2cc(C)cc(CSc3cnc(NC(=O)c4ccc(CNC(C)CC(C)C)[nH]4)s3)c2)CC1. The van der Waals surface area contributed by atoms with Crippen LogP contribution < -0.4 is 10.6 Å². The summed E-state index contributed by atoms with van der Waals surface area (Å²) in [5, 5.41) is 6.92. The summed E-state index contributed by atoms with van der Waals surface area (Å²) in [5.74, 6) is 1.14. The van der Waals surface area contributed by atoms with Crippen molar-refractivity contribution in [3.8, 4) is 0 Å². The number of piperazine rings is 1. The first-order valence-electron chi connectivity index (χ1n) is 14.0. The van der Waals surface area contributed by atoms with E-state index in [4.69, 9.17) is 0 Å². The van der Waals surface area contributed by atoms with E-state index in [9.17, 15) is 14.4 Å². The van der Waals surface area contributed by atoms with E-state index >= 15 is 0 Å². The Morgan fingerprint density at radius 2 is 1.80 bits per heavy atom. The number of hydrogen-bond acceptors (Lipinski definition) is 7. The van der Waals surface area contributed by atoms with Crippen LogP contribution in [0, 0.1) is 12.8 Å². The molecule has 4 rings (SSSR count). The zero-order chi connectivity index (χ0) is 29.5. The summed E-state index contributed by atoms with van der Waals surface area (Å²) < 4.78 is 0.977. The minimum absolute atomic E-state index is 0.000680. The molecule has 0 radical (unpaired) electrons. The fourth-order valence-electron chi connectivity index (χ4n) is 4.93. The van der Waals surface area contributed by atoms with Gasteiger partial charge in [0.1, 0.15) is 5.69 Å². The number of aryl methyl sites for hydroxylation is 1. The van der Waals surface area contributed by atoms with E-state index in [0.29, 0.717) is 66.8 Å². The van der Waals surface area contributed by atoms with Crippen LogP contribution >= 0.6 is 23.1 Å². The molecule has 3 N–H and O–H groups in total. The average Bonchev–Trinajstić information content (AvgIpc) is 3.59. The average molecular weight is 597 g/mol. The second-order valence-electron chi connectivity index (χ2n) is 11.0. The van der Waals surface area contributed by atoms with E-state index in [0.717, 1.165) is 27.5 Å². The fourth-order valence-corrected chi connectivity index (χ4v) is 6.73. The third kappa shape index (κ3) is 8.92. The van der Waals surface area contributed by atoms with Crippen LogP contribution in [-0.2, 0) is 17.1 Å². The van der Waals surface area contributed by atoms with E-state index in [1.807, 2.05) is 30.0 Å². The lowest BCUT2D eigenvalue weighted by atomic mass is 10.1. The van der Waals surface area contributed by atoms with Crippen molar-refractivity contribution in [3.05, 3.63) is 64.6 Å². The highest BCUT2D eigenvalue weighted by molar-refractivity contribution is 8.00. The normalized spacial score (nSPS) is 14.4. The zero-order valence-electron chi connectivity index (χ0n) is 24.5. The fraction of sp³-hybridized carbons (Fsp3) is 0.467. The second-order valence-corrected chi connectivity index (χ2v) is 13.3. The lowest BCUT2D eigenvalue weighted by Crippen LogP contribution is -2.50. The third-order valence-corrected chi connectivity index (χ3v) is 9.12. The largest absolute Gasteiger partial charge is 0.353 e. The van der Waals surface area contributed by atoms with Gasteiger partial charge in [0.05, 0.1) is 10.4 Å². The van der Waals surface area contributed by atoms with Crippen LogP contribution in [0.1, 0.15) is 71.8 Å². The summed E-state index contributed by atoms with van der Waals surface area (Å²) in [5.41, 5.74) is 4.22. The Morgan fingerprint density at radius 3 is 2.51 bits per heavy atom. The van der Waals surface area contributed by atoms with Crippen LogP contribution in [0.3, 0.4) is 0 Å². The Balaban J connectivity index is 1.28. The lowest BCUT2D eigenvalue weighted by molar-refractivity contribution is -0.130. The summed E-state index contributed by atoms with van der Waals surface area (Å²) in [4.78, 5) is 48.7. The molecule has 9 nitrogen and oxygen atoms in total. The number of carbonyl (C=O) groups is 3. The molecule has 0 aliphatic carbocycles. The van der Waals surface area contributed by atoms with Crippen LogP contribution in [0.15, 0.2) is 40.7 Å². The smallest absolute Gasteiger partial charge is 0.273 e. The first-order valence-corrected chi connectivity index (χ1v) is 15.8. The molecule has 1 saturated heterocycles. The number of aromatic nitrogens is 2. The van der Waals surface area contributed by atoms with Crippen molar-refractivity contribution in [2.45, 2.75) is 63.6 Å². The van der Waals surface area contributed by atoms with Gasteiger partial charge in [-0.05, 0) is 56.0 Å². The summed E-state index contributed by atoms with van der Waals surface area (Å²) in [6, 6.07) is 10.1. The molecule has 1 atom stereocenters. The van der Waals surface area contributed by atoms with Crippen LogP contribution in [0.2, 0.25) is 0 Å². The number of nitrogens with one attached hydrogen (secondary N) is 3. The Labute approximate surface area is 250 Å². The molecular formula is C30H40N6O3S2. The van der Waals surface area contributed by atoms with Crippen molar-refractivity contribution in [2.75, 3.05) is 31.5 Å². The Bertz CT molecular complexity index is 1360. The lowest BCUT2D eigenvalue weighted by Gasteiger charge is -2.34. The number of anilines is 1. The number of aromatic amines is 1. The first kappa shape index (κ1) is 30.8. The Morgan fingerprint density at radius 1 is 1.07 bits per heavy atom. The van der Waals surface area contributed by atoms with Gasteiger partial charge in [0.15, 0.2) is 5.13 Å². The maximum atomic E-state index is 13.1. The zero-order valence-corrected chi connectivity index (χ0v) is 26.1. The minimum Gasteiger partial charge on any atom is -0.353 e. The topological polar surface area (TPSA) is 110 Å². The molecule has 0 spiro atoms. The molecule has 0 bridgehead atoms. The van der Waals surface area contributed by atoms with Crippen molar-refractivity contribution in [2.24, 2.45) is 5.92 Å². The molecule has 11 heteroatoms. The van der Waals surface area contributed by atoms with E-state index in [1.165, 1.54) is 11.3 Å². The monoisotopic (exact) mass is 596 g/mol. The highest BCUT2D eigenvalue weighted by atomic mass is 32.2. The summed E-state index contributed by atoms with van der Waals surface area (Å²) in [7, 11) is 0. The van der Waals surface area contributed by atoms with Crippen molar-refractivity contribution < 1.29 is 14.4 Å². The molecule has 1 aromatic carbocycles. The predicted octanol–water partition coefficient (Wildman–Crippen LogP) is 5.15. The van der Waals surface area contributed by atoms with Gasteiger partial charge in [-0.1, -0.05) is 36.8 Å². The van der Waals surface area contributed by atoms with Crippen molar-refractivity contribution in [3.63, 3.8) is 0 Å². The van der Waals surface area contributed by atoms with E-state index in [2.05, 4.69) is 47.4 Å². The van der Waals surface area contributed by atoms with Gasteiger partial charge >= 0.3 is 0 Å². The third-order valence-electron chi connectivity index (χ3n) is 6.94. The minimum atomic E-state index is -0.219. The summed E-state index contributed by atoms with van der Waals surface area (Å²) >= 11 is 3.05. The predicted molar refractivity (Wildman–Crippen MR) is 166 cm³/mol. The number of H-pyrrole nitrogens is 1. The number of rotatable bonds is 11. The van der Waals surface area contributed by atoms with Crippen LogP contribution in [-0.4, -0.2) is 69.7 Å². The number of benzene rings is 1. The molecule has 2 aromatic heterocycles. The Hall–Kier alpha value is -3.15. The van der Waals surface area contributed by atoms with Gasteiger partial charge in [-0.2, -0.15) is 0 Å². The van der Waals surface area contributed by atoms with Gasteiger partial charge in [0, 0.05) is 62.7 Å². The molecule has 1 aliphatic heterocycles. The number of nitrogens with zero attached hydrogens (tertiary/aromatic N) is 3. The highest BCUT2D eigenvalue weighted by Crippen LogP contribution is 2.31. The molecule has 1 fully saturated rings. The van der Waals surface area contributed by atoms with E-state index in [1.54, 1.807) is 35.8 Å². The van der Waals surface area contributed by atoms with Crippen LogP contribution in [0.25, 0.3) is 0 Å². The molecule has 3 heterocycles. The molecule has 1 aliphatic rings. The number of carbonyl (C=O) groups excluding carboxylic acids is 3. The highest BCUT2D eigenvalue weighted by Gasteiger charge is 2.23. The number of amides is 3. The number of thiazole rings is 1. The molecule has 0 saturated carbocycles. The van der Waals surface area contributed by atoms with Crippen LogP contribution in [0.5, 0.6) is 0 Å². The van der Waals surface area contributed by atoms with E-state index < -0.39 is 0 Å². The summed E-state index contributed by atoms with van der Waals surface area (Å²) in [6.45, 7) is 13.1. The van der Waals surface area contributed by atoms with E-state index in [-0.39, 0.29) is 17.7 Å². The van der Waals surface area contributed by atoms with Gasteiger partial charge in [-0.25, -0.2) is 4.98 Å². The van der Waals surface area contributed by atoms with Gasteiger partial charge in [0.25, 0.3) is 11.8 Å². The molecule has 1 unspecified atom stereocenters. The maximum absolute atomic E-state index is 13.1. The molecule has 3 aromatic rings. The summed E-state index contributed by atoms with van der Waals surface area (Å²) in [6.07, 6.45) is 2.86. The van der Waals surface area contributed by atoms with Gasteiger partial charge in [-0.15, -0.1) is 11.8 Å². The second kappa shape index (κ2) is 14.2. The molecule has 220 valence electrons. The molecule has 41 heavy (non-hydrogen) atoms. The quantitative estimate of drug-likeness (QED) is 0.264. The van der Waals surface area contributed by atoms with Crippen molar-refractivity contribution in [1.29, 1.82) is 0 Å². The van der Waals surface area contributed by atoms with Crippen LogP contribution in [0.4, 0.5) is 5.13 Å². The molecule has 3 amide bonds. The van der Waals surface area contributed by atoms with Gasteiger partial charge in [-0.3, -0.25) is 19.7 Å².